The van der Waals surface area contributed by atoms with Crippen LogP contribution < -0.4 is 5.32 Å². The van der Waals surface area contributed by atoms with Gasteiger partial charge in [-0.1, -0.05) is 30.3 Å². The van der Waals surface area contributed by atoms with Crippen LogP contribution in [-0.2, 0) is 15.6 Å². The van der Waals surface area contributed by atoms with Crippen LogP contribution in [0.15, 0.2) is 30.3 Å². The summed E-state index contributed by atoms with van der Waals surface area (Å²) in [5.41, 5.74) is -0.930. The van der Waals surface area contributed by atoms with E-state index in [1.165, 1.54) is 5.56 Å². The van der Waals surface area contributed by atoms with Crippen LogP contribution >= 0.6 is 27.0 Å². The van der Waals surface area contributed by atoms with Crippen molar-refractivity contribution in [3.63, 3.8) is 0 Å². The van der Waals surface area contributed by atoms with Gasteiger partial charge < -0.3 is 19.6 Å². The molecule has 23 heavy (non-hydrogen) atoms. The molecule has 5 N–H and O–H groups in total. The Kier molecular flexibility index (Phi) is 15.4. The molecule has 122 valence electrons. The van der Waals surface area contributed by atoms with E-state index in [1.54, 1.807) is 11.8 Å². The molecule has 7 nitrogen and oxygen atoms in total. The van der Waals surface area contributed by atoms with Crippen LogP contribution in [0.3, 0.4) is 0 Å². The maximum Gasteiger partial charge on any atom is 0.354 e. The summed E-state index contributed by atoms with van der Waals surface area (Å²) in [6, 6.07) is 9.86. The van der Waals surface area contributed by atoms with Crippen molar-refractivity contribution in [3.05, 3.63) is 35.9 Å². The molecule has 0 spiro atoms. The standard InChI is InChI=1S/C11H19NO6P2S.2Na/c13-19(14,15)11(20(16,17)18)12-7-9-21-8-6-10-4-2-1-3-5-10;;/h1-5,11-12H,6-9H2,(H2,13,14,15)(H2,16,17,18);;. The summed E-state index contributed by atoms with van der Waals surface area (Å²) in [5, 5.41) is 2.25. The number of thioether (sulfide) groups is 1. The fraction of sp³-hybridized carbons (Fsp3) is 0.455. The molecule has 0 unspecified atom stereocenters. The van der Waals surface area contributed by atoms with Crippen LogP contribution in [0.4, 0.5) is 0 Å². The van der Waals surface area contributed by atoms with E-state index < -0.39 is 20.7 Å². The van der Waals surface area contributed by atoms with Gasteiger partial charge in [-0.05, 0) is 17.7 Å². The van der Waals surface area contributed by atoms with E-state index in [0.717, 1.165) is 12.2 Å². The van der Waals surface area contributed by atoms with Gasteiger partial charge in [0.25, 0.3) is 0 Å². The number of rotatable bonds is 9. The molecule has 0 atom stereocenters. The Morgan fingerprint density at radius 1 is 0.957 bits per heavy atom. The van der Waals surface area contributed by atoms with Crippen molar-refractivity contribution in [3.8, 4) is 0 Å². The van der Waals surface area contributed by atoms with Crippen LogP contribution in [0.5, 0.6) is 0 Å². The summed E-state index contributed by atoms with van der Waals surface area (Å²) in [6.45, 7) is 0.111. The minimum absolute atomic E-state index is 0. The van der Waals surface area contributed by atoms with Crippen molar-refractivity contribution in [2.45, 2.75) is 11.9 Å². The van der Waals surface area contributed by atoms with Gasteiger partial charge in [-0.25, -0.2) is 0 Å². The topological polar surface area (TPSA) is 127 Å². The molecule has 12 heteroatoms. The Morgan fingerprint density at radius 3 is 1.96 bits per heavy atom. The van der Waals surface area contributed by atoms with Crippen molar-refractivity contribution in [1.82, 2.24) is 5.32 Å². The van der Waals surface area contributed by atoms with Crippen LogP contribution in [0, 0.1) is 0 Å². The van der Waals surface area contributed by atoms with Gasteiger partial charge in [-0.15, -0.1) is 0 Å². The molecule has 0 aliphatic rings. The molecule has 0 heterocycles. The number of hydrogen-bond donors (Lipinski definition) is 5. The SMILES string of the molecule is O=P(O)(O)C(NCCSCCc1ccccc1)P(=O)(O)O.[Na].[Na]. The molecule has 0 saturated heterocycles. The first-order valence-corrected chi connectivity index (χ1v) is 10.7. The smallest absolute Gasteiger partial charge is 0.323 e. The third-order valence-electron chi connectivity index (χ3n) is 2.59. The number of hydrogen-bond acceptors (Lipinski definition) is 4. The summed E-state index contributed by atoms with van der Waals surface area (Å²) in [6.07, 6.45) is 0.867. The number of benzene rings is 1. The van der Waals surface area contributed by atoms with Crippen molar-refractivity contribution >= 4 is 86.1 Å². The first-order valence-electron chi connectivity index (χ1n) is 6.17. The van der Waals surface area contributed by atoms with Crippen LogP contribution in [0.25, 0.3) is 0 Å². The van der Waals surface area contributed by atoms with Crippen molar-refractivity contribution < 1.29 is 28.7 Å². The van der Waals surface area contributed by atoms with Crippen LogP contribution in [0.2, 0.25) is 0 Å². The van der Waals surface area contributed by atoms with Gasteiger partial charge in [0, 0.05) is 71.4 Å². The van der Waals surface area contributed by atoms with Crippen molar-refractivity contribution in [1.29, 1.82) is 0 Å². The zero-order chi connectivity index (χ0) is 15.9. The molecule has 0 fully saturated rings. The summed E-state index contributed by atoms with van der Waals surface area (Å²) in [5.74, 6) is 1.32. The van der Waals surface area contributed by atoms with Gasteiger partial charge in [0.05, 0.1) is 0 Å². The number of aryl methyl sites for hydroxylation is 1. The largest absolute Gasteiger partial charge is 0.354 e. The van der Waals surface area contributed by atoms with E-state index in [-0.39, 0.29) is 65.7 Å². The van der Waals surface area contributed by atoms with E-state index in [4.69, 9.17) is 19.6 Å². The Hall–Kier alpha value is 1.83. The maximum absolute atomic E-state index is 11.0. The minimum atomic E-state index is -4.88. The van der Waals surface area contributed by atoms with Crippen LogP contribution in [-0.4, -0.2) is 102 Å². The fourth-order valence-corrected chi connectivity index (χ4v) is 4.78. The third-order valence-corrected chi connectivity index (χ3v) is 7.02. The molecular formula is C11H19NNa2O6P2S. The summed E-state index contributed by atoms with van der Waals surface area (Å²) in [7, 11) is -9.77. The summed E-state index contributed by atoms with van der Waals surface area (Å²) >= 11 is 1.54. The first kappa shape index (κ1) is 27.1. The van der Waals surface area contributed by atoms with Gasteiger partial charge in [-0.2, -0.15) is 11.8 Å². The molecule has 0 aromatic heterocycles. The van der Waals surface area contributed by atoms with Crippen LogP contribution in [0.1, 0.15) is 5.56 Å². The van der Waals surface area contributed by atoms with E-state index in [9.17, 15) is 9.13 Å². The molecule has 0 bridgehead atoms. The van der Waals surface area contributed by atoms with Crippen molar-refractivity contribution in [2.75, 3.05) is 18.1 Å². The molecular weight excluding hydrogens is 382 g/mol. The minimum Gasteiger partial charge on any atom is -0.323 e. The van der Waals surface area contributed by atoms with E-state index in [1.807, 2.05) is 30.3 Å². The predicted octanol–water partition coefficient (Wildman–Crippen LogP) is 0.429. The average molecular weight is 401 g/mol. The summed E-state index contributed by atoms with van der Waals surface area (Å²) < 4.78 is 22.0. The molecule has 0 saturated carbocycles. The first-order chi connectivity index (χ1) is 9.71. The van der Waals surface area contributed by atoms with Crippen molar-refractivity contribution in [2.24, 2.45) is 0 Å². The van der Waals surface area contributed by atoms with Gasteiger partial charge in [0.15, 0.2) is 0 Å². The fourth-order valence-electron chi connectivity index (χ4n) is 1.63. The van der Waals surface area contributed by atoms with Gasteiger partial charge >= 0.3 is 15.2 Å². The molecule has 0 aliphatic heterocycles. The number of nitrogens with one attached hydrogen (secondary N) is 1. The second-order valence-corrected chi connectivity index (χ2v) is 9.38. The molecule has 0 amide bonds. The Labute approximate surface area is 184 Å². The molecule has 0 aliphatic carbocycles. The second-order valence-electron chi connectivity index (χ2n) is 4.35. The zero-order valence-corrected chi connectivity index (χ0v) is 19.8. The van der Waals surface area contributed by atoms with Gasteiger partial charge in [0.2, 0.25) is 5.52 Å². The molecule has 1 rings (SSSR count). The Morgan fingerprint density at radius 2 is 1.48 bits per heavy atom. The average Bonchev–Trinajstić information content (AvgIpc) is 2.35. The Bertz CT molecular complexity index is 505. The third kappa shape index (κ3) is 11.9. The molecule has 1 aromatic rings. The van der Waals surface area contributed by atoms with E-state index in [2.05, 4.69) is 5.32 Å². The molecule has 1 aromatic carbocycles. The Balaban J connectivity index is 0. The summed E-state index contributed by atoms with van der Waals surface area (Å²) in [4.78, 5) is 35.7. The monoisotopic (exact) mass is 401 g/mol. The predicted molar refractivity (Wildman–Crippen MR) is 94.9 cm³/mol. The van der Waals surface area contributed by atoms with Gasteiger partial charge in [0.1, 0.15) is 0 Å². The zero-order valence-electron chi connectivity index (χ0n) is 13.2. The normalized spacial score (nSPS) is 11.7. The van der Waals surface area contributed by atoms with Gasteiger partial charge in [-0.3, -0.25) is 14.4 Å². The quantitative estimate of drug-likeness (QED) is 0.229. The second kappa shape index (κ2) is 13.1. The maximum atomic E-state index is 11.0. The van der Waals surface area contributed by atoms with E-state index in [0.29, 0.717) is 5.75 Å². The van der Waals surface area contributed by atoms with E-state index >= 15 is 0 Å². The molecule has 2 radical (unpaired) electrons.